The van der Waals surface area contributed by atoms with Crippen LogP contribution in [0.2, 0.25) is 0 Å². The number of carboxylic acid groups (broad SMARTS) is 1. The molecule has 0 saturated heterocycles. The number of benzene rings is 1. The standard InChI is InChI=1S/C8H7NO5.Na.H/c1-14-7-3-2-5(9(12)13)4-6(7)8(10)11;;/h2-4H,1H3,(H,10,11);;/q;+1;-1. The molecule has 0 spiro atoms. The minimum absolute atomic E-state index is 0. The summed E-state index contributed by atoms with van der Waals surface area (Å²) in [6, 6.07) is 3.40. The second-order valence-corrected chi connectivity index (χ2v) is 2.45. The Labute approximate surface area is 109 Å². The second kappa shape index (κ2) is 5.69. The second-order valence-electron chi connectivity index (χ2n) is 2.45. The van der Waals surface area contributed by atoms with Gasteiger partial charge in [-0.05, 0) is 6.07 Å². The first-order valence-electron chi connectivity index (χ1n) is 3.62. The largest absolute Gasteiger partial charge is 1.00 e. The molecule has 0 aliphatic heterocycles. The molecule has 0 aliphatic rings. The van der Waals surface area contributed by atoms with Crippen LogP contribution in [0.4, 0.5) is 5.69 Å². The quantitative estimate of drug-likeness (QED) is 0.378. The third-order valence-corrected chi connectivity index (χ3v) is 1.62. The van der Waals surface area contributed by atoms with Gasteiger partial charge in [-0.25, -0.2) is 4.79 Å². The van der Waals surface area contributed by atoms with Crippen LogP contribution in [0.25, 0.3) is 0 Å². The molecule has 0 aliphatic carbocycles. The van der Waals surface area contributed by atoms with Crippen molar-refractivity contribution in [1.29, 1.82) is 0 Å². The minimum atomic E-state index is -1.26. The minimum Gasteiger partial charge on any atom is -1.00 e. The number of aromatic carboxylic acids is 1. The Bertz CT molecular complexity index is 398. The Kier molecular flexibility index (Phi) is 5.27. The zero-order valence-electron chi connectivity index (χ0n) is 9.26. The molecule has 1 aromatic rings. The zero-order valence-corrected chi connectivity index (χ0v) is 10.3. The molecule has 0 radical (unpaired) electrons. The number of hydrogen-bond acceptors (Lipinski definition) is 4. The topological polar surface area (TPSA) is 89.7 Å². The summed E-state index contributed by atoms with van der Waals surface area (Å²) in [4.78, 5) is 20.3. The average molecular weight is 221 g/mol. The summed E-state index contributed by atoms with van der Waals surface area (Å²) in [5, 5.41) is 19.0. The average Bonchev–Trinajstić information content (AvgIpc) is 2.16. The van der Waals surface area contributed by atoms with Gasteiger partial charge in [0, 0.05) is 12.1 Å². The molecule has 0 fully saturated rings. The van der Waals surface area contributed by atoms with Crippen LogP contribution in [0.15, 0.2) is 18.2 Å². The van der Waals surface area contributed by atoms with E-state index >= 15 is 0 Å². The summed E-state index contributed by atoms with van der Waals surface area (Å²) < 4.78 is 4.74. The van der Waals surface area contributed by atoms with Gasteiger partial charge >= 0.3 is 35.5 Å². The molecule has 0 atom stereocenters. The number of nitrogens with zero attached hydrogens (tertiary/aromatic N) is 1. The number of ether oxygens (including phenoxy) is 1. The van der Waals surface area contributed by atoms with Crippen molar-refractivity contribution in [1.82, 2.24) is 0 Å². The molecule has 0 saturated carbocycles. The fraction of sp³-hybridized carbons (Fsp3) is 0.125. The van der Waals surface area contributed by atoms with Gasteiger partial charge in [0.1, 0.15) is 11.3 Å². The Balaban J connectivity index is 0. The molecule has 15 heavy (non-hydrogen) atoms. The fourth-order valence-corrected chi connectivity index (χ4v) is 0.977. The SMILES string of the molecule is COc1ccc([N+](=O)[O-])cc1C(=O)O.[H-].[Na+]. The molecule has 6 nitrogen and oxygen atoms in total. The number of methoxy groups -OCH3 is 1. The van der Waals surface area contributed by atoms with E-state index in [1.807, 2.05) is 0 Å². The van der Waals surface area contributed by atoms with Crippen molar-refractivity contribution in [2.75, 3.05) is 7.11 Å². The Hall–Kier alpha value is -1.11. The summed E-state index contributed by atoms with van der Waals surface area (Å²) in [7, 11) is 1.30. The predicted molar refractivity (Wildman–Crippen MR) is 47.7 cm³/mol. The molecule has 0 aromatic heterocycles. The maximum Gasteiger partial charge on any atom is 1.00 e. The van der Waals surface area contributed by atoms with Crippen molar-refractivity contribution in [2.45, 2.75) is 0 Å². The van der Waals surface area contributed by atoms with Crippen LogP contribution in [0, 0.1) is 10.1 Å². The first-order chi connectivity index (χ1) is 6.56. The summed E-state index contributed by atoms with van der Waals surface area (Å²) >= 11 is 0. The first kappa shape index (κ1) is 13.9. The van der Waals surface area contributed by atoms with Gasteiger partial charge in [-0.3, -0.25) is 10.1 Å². The van der Waals surface area contributed by atoms with Gasteiger partial charge in [0.25, 0.3) is 5.69 Å². The van der Waals surface area contributed by atoms with E-state index in [1.54, 1.807) is 0 Å². The third-order valence-electron chi connectivity index (χ3n) is 1.62. The van der Waals surface area contributed by atoms with E-state index in [2.05, 4.69) is 0 Å². The van der Waals surface area contributed by atoms with E-state index in [-0.39, 0.29) is 48.0 Å². The number of carbonyl (C=O) groups is 1. The van der Waals surface area contributed by atoms with E-state index in [0.717, 1.165) is 6.07 Å². The predicted octanol–water partition coefficient (Wildman–Crippen LogP) is -1.58. The number of rotatable bonds is 3. The number of carboxylic acids is 1. The normalized spacial score (nSPS) is 8.87. The van der Waals surface area contributed by atoms with Crippen LogP contribution >= 0.6 is 0 Å². The monoisotopic (exact) mass is 221 g/mol. The number of nitro benzene ring substituents is 1. The molecule has 0 unspecified atom stereocenters. The number of non-ortho nitro benzene ring substituents is 1. The van der Waals surface area contributed by atoms with Crippen molar-refractivity contribution >= 4 is 11.7 Å². The van der Waals surface area contributed by atoms with E-state index in [1.165, 1.54) is 19.2 Å². The summed E-state index contributed by atoms with van der Waals surface area (Å²) in [5.41, 5.74) is -0.495. The van der Waals surface area contributed by atoms with Gasteiger partial charge in [0.05, 0.1) is 12.0 Å². The molecule has 0 bridgehead atoms. The zero-order chi connectivity index (χ0) is 10.7. The molecule has 76 valence electrons. The maximum atomic E-state index is 10.7. The van der Waals surface area contributed by atoms with Crippen LogP contribution in [-0.2, 0) is 0 Å². The van der Waals surface area contributed by atoms with Crippen molar-refractivity contribution in [3.05, 3.63) is 33.9 Å². The van der Waals surface area contributed by atoms with Gasteiger partial charge in [-0.1, -0.05) is 0 Å². The van der Waals surface area contributed by atoms with Crippen molar-refractivity contribution in [3.8, 4) is 5.75 Å². The van der Waals surface area contributed by atoms with Crippen LogP contribution in [0.3, 0.4) is 0 Å². The molecule has 0 amide bonds. The van der Waals surface area contributed by atoms with Crippen molar-refractivity contribution < 1.29 is 50.5 Å². The van der Waals surface area contributed by atoms with Gasteiger partial charge in [0.2, 0.25) is 0 Å². The molecule has 0 heterocycles. The molecular formula is C8H8NNaO5. The van der Waals surface area contributed by atoms with Crippen LogP contribution in [-0.4, -0.2) is 23.1 Å². The molecular weight excluding hydrogens is 213 g/mol. The van der Waals surface area contributed by atoms with Gasteiger partial charge in [0.15, 0.2) is 0 Å². The third kappa shape index (κ3) is 3.19. The summed E-state index contributed by atoms with van der Waals surface area (Å²) in [6.45, 7) is 0. The van der Waals surface area contributed by atoms with E-state index in [0.29, 0.717) is 0 Å². The summed E-state index contributed by atoms with van der Waals surface area (Å²) in [5.74, 6) is -1.16. The van der Waals surface area contributed by atoms with Crippen LogP contribution < -0.4 is 34.3 Å². The Morgan fingerprint density at radius 1 is 1.60 bits per heavy atom. The summed E-state index contributed by atoms with van der Waals surface area (Å²) in [6.07, 6.45) is 0. The smallest absolute Gasteiger partial charge is 1.00 e. The number of hydrogen-bond donors (Lipinski definition) is 1. The van der Waals surface area contributed by atoms with Crippen molar-refractivity contribution in [2.24, 2.45) is 0 Å². The molecule has 1 N–H and O–H groups in total. The number of nitro groups is 1. The first-order valence-corrected chi connectivity index (χ1v) is 3.62. The molecule has 1 rings (SSSR count). The molecule has 7 heteroatoms. The van der Waals surface area contributed by atoms with E-state index in [9.17, 15) is 14.9 Å². The van der Waals surface area contributed by atoms with E-state index in [4.69, 9.17) is 9.84 Å². The van der Waals surface area contributed by atoms with Gasteiger partial charge in [-0.15, -0.1) is 0 Å². The van der Waals surface area contributed by atoms with Crippen LogP contribution in [0.5, 0.6) is 5.75 Å². The molecule has 1 aromatic carbocycles. The Morgan fingerprint density at radius 2 is 2.20 bits per heavy atom. The van der Waals surface area contributed by atoms with Gasteiger partial charge in [-0.2, -0.15) is 0 Å². The Morgan fingerprint density at radius 3 is 2.60 bits per heavy atom. The van der Waals surface area contributed by atoms with Crippen LogP contribution in [0.1, 0.15) is 11.8 Å². The van der Waals surface area contributed by atoms with E-state index < -0.39 is 10.9 Å². The fourth-order valence-electron chi connectivity index (χ4n) is 0.977. The maximum absolute atomic E-state index is 10.7. The van der Waals surface area contributed by atoms with Crippen molar-refractivity contribution in [3.63, 3.8) is 0 Å². The van der Waals surface area contributed by atoms with Gasteiger partial charge < -0.3 is 11.3 Å².